The van der Waals surface area contributed by atoms with Gasteiger partial charge in [0.1, 0.15) is 23.5 Å². The van der Waals surface area contributed by atoms with Crippen LogP contribution in [0.2, 0.25) is 0 Å². The summed E-state index contributed by atoms with van der Waals surface area (Å²) in [5.74, 6) is 2.05. The van der Waals surface area contributed by atoms with Gasteiger partial charge in [-0.05, 0) is 36.6 Å². The van der Waals surface area contributed by atoms with Crippen LogP contribution in [0.5, 0.6) is 5.75 Å². The third-order valence-electron chi connectivity index (χ3n) is 5.51. The van der Waals surface area contributed by atoms with Crippen molar-refractivity contribution in [2.45, 2.75) is 51.3 Å². The van der Waals surface area contributed by atoms with Crippen molar-refractivity contribution < 1.29 is 22.7 Å². The highest BCUT2D eigenvalue weighted by Gasteiger charge is 2.28. The van der Waals surface area contributed by atoms with E-state index in [1.54, 1.807) is 26.2 Å². The van der Waals surface area contributed by atoms with Crippen molar-refractivity contribution in [3.8, 4) is 5.75 Å². The van der Waals surface area contributed by atoms with Crippen LogP contribution in [0.1, 0.15) is 44.6 Å². The summed E-state index contributed by atoms with van der Waals surface area (Å²) in [5.41, 5.74) is 1.10. The Morgan fingerprint density at radius 1 is 1.28 bits per heavy atom. The molecule has 0 spiro atoms. The first-order valence-corrected chi connectivity index (χ1v) is 10.7. The topological polar surface area (TPSA) is 58.6 Å². The Bertz CT molecular complexity index is 905. The zero-order chi connectivity index (χ0) is 23.3. The molecule has 2 heterocycles. The molecule has 0 N–H and O–H groups in total. The zero-order valence-electron chi connectivity index (χ0n) is 18.6. The number of halogens is 3. The van der Waals surface area contributed by atoms with Gasteiger partial charge < -0.3 is 19.3 Å². The Morgan fingerprint density at radius 2 is 2.00 bits per heavy atom. The van der Waals surface area contributed by atoms with Gasteiger partial charge in [0.2, 0.25) is 5.95 Å². The van der Waals surface area contributed by atoms with E-state index >= 15 is 0 Å². The summed E-state index contributed by atoms with van der Waals surface area (Å²) in [6.07, 6.45) is -2.25. The van der Waals surface area contributed by atoms with Gasteiger partial charge in [-0.15, -0.1) is 0 Å². The molecule has 2 atom stereocenters. The van der Waals surface area contributed by atoms with Crippen LogP contribution >= 0.6 is 0 Å². The number of hydrogen-bond acceptors (Lipinski definition) is 6. The van der Waals surface area contributed by atoms with Crippen LogP contribution in [0.3, 0.4) is 0 Å². The maximum absolute atomic E-state index is 12.5. The number of Topliss-reactive ketones (excluding diaryl/α,β-unsaturated/α-hetero) is 1. The van der Waals surface area contributed by atoms with Gasteiger partial charge in [0.15, 0.2) is 0 Å². The summed E-state index contributed by atoms with van der Waals surface area (Å²) in [6.45, 7) is 4.80. The third kappa shape index (κ3) is 6.83. The zero-order valence-corrected chi connectivity index (χ0v) is 18.6. The molecule has 9 heteroatoms. The predicted molar refractivity (Wildman–Crippen MR) is 117 cm³/mol. The van der Waals surface area contributed by atoms with E-state index in [0.29, 0.717) is 18.8 Å². The minimum Gasteiger partial charge on any atom is -0.489 e. The molecular formula is C23H29F3N4O2. The molecule has 32 heavy (non-hydrogen) atoms. The predicted octanol–water partition coefficient (Wildman–Crippen LogP) is 4.61. The van der Waals surface area contributed by atoms with Crippen LogP contribution in [0.15, 0.2) is 36.5 Å². The second-order valence-electron chi connectivity index (χ2n) is 8.35. The van der Waals surface area contributed by atoms with E-state index in [2.05, 4.69) is 14.9 Å². The number of anilines is 2. The first kappa shape index (κ1) is 23.8. The van der Waals surface area contributed by atoms with Crippen molar-refractivity contribution in [3.63, 3.8) is 0 Å². The number of benzene rings is 1. The minimum atomic E-state index is -4.21. The second-order valence-corrected chi connectivity index (χ2v) is 8.35. The minimum absolute atomic E-state index is 0.0168. The monoisotopic (exact) mass is 450 g/mol. The maximum atomic E-state index is 12.5. The quantitative estimate of drug-likeness (QED) is 0.556. The molecule has 0 aliphatic carbocycles. The molecule has 0 unspecified atom stereocenters. The van der Waals surface area contributed by atoms with Crippen LogP contribution in [-0.4, -0.2) is 54.7 Å². The molecule has 1 saturated heterocycles. The standard InChI is InChI=1S/C23H29F3N4O2/c1-16(14-17(2)31)18-4-6-19(7-5-18)32-20-9-12-30(15-20)21-8-11-27-22(28-21)29(3)13-10-23(24,25)26/h4-8,11,16,20H,9-10,12-15H2,1-3H3/t16-,20-/m1/s1. The number of ether oxygens (including phenoxy) is 1. The van der Waals surface area contributed by atoms with Crippen molar-refractivity contribution in [2.24, 2.45) is 0 Å². The van der Waals surface area contributed by atoms with E-state index in [9.17, 15) is 18.0 Å². The molecule has 174 valence electrons. The molecule has 0 amide bonds. The Balaban J connectivity index is 1.56. The molecule has 1 aromatic heterocycles. The molecule has 0 bridgehead atoms. The summed E-state index contributed by atoms with van der Waals surface area (Å²) in [6, 6.07) is 9.58. The van der Waals surface area contributed by atoms with Gasteiger partial charge in [-0.2, -0.15) is 18.2 Å². The fraction of sp³-hybridized carbons (Fsp3) is 0.522. The maximum Gasteiger partial charge on any atom is 0.390 e. The molecule has 3 rings (SSSR count). The molecule has 0 saturated carbocycles. The molecule has 0 radical (unpaired) electrons. The summed E-state index contributed by atoms with van der Waals surface area (Å²) < 4.78 is 43.6. The summed E-state index contributed by atoms with van der Waals surface area (Å²) in [4.78, 5) is 23.3. The van der Waals surface area contributed by atoms with Gasteiger partial charge in [0.25, 0.3) is 0 Å². The highest BCUT2D eigenvalue weighted by atomic mass is 19.4. The number of hydrogen-bond donors (Lipinski definition) is 0. The van der Waals surface area contributed by atoms with Crippen molar-refractivity contribution in [1.82, 2.24) is 9.97 Å². The van der Waals surface area contributed by atoms with E-state index in [1.807, 2.05) is 31.2 Å². The van der Waals surface area contributed by atoms with Gasteiger partial charge in [-0.3, -0.25) is 0 Å². The average Bonchev–Trinajstić information content (AvgIpc) is 3.20. The highest BCUT2D eigenvalue weighted by molar-refractivity contribution is 5.76. The number of nitrogens with zero attached hydrogens (tertiary/aromatic N) is 4. The fourth-order valence-electron chi connectivity index (χ4n) is 3.74. The lowest BCUT2D eigenvalue weighted by atomic mass is 9.96. The summed E-state index contributed by atoms with van der Waals surface area (Å²) in [7, 11) is 1.56. The SMILES string of the molecule is CC(=O)C[C@@H](C)c1ccc(O[C@@H]2CCN(c3ccnc(N(C)CCC(F)(F)F)n3)C2)cc1. The number of alkyl halides is 3. The second kappa shape index (κ2) is 10.2. The summed E-state index contributed by atoms with van der Waals surface area (Å²) in [5, 5.41) is 0. The molecule has 6 nitrogen and oxygen atoms in total. The van der Waals surface area contributed by atoms with Crippen molar-refractivity contribution in [3.05, 3.63) is 42.1 Å². The molecule has 1 fully saturated rings. The van der Waals surface area contributed by atoms with E-state index < -0.39 is 12.6 Å². The van der Waals surface area contributed by atoms with E-state index in [4.69, 9.17) is 4.74 Å². The Morgan fingerprint density at radius 3 is 2.66 bits per heavy atom. The van der Waals surface area contributed by atoms with Gasteiger partial charge >= 0.3 is 6.18 Å². The number of carbonyl (C=O) groups is 1. The molecule has 1 aromatic carbocycles. The lowest BCUT2D eigenvalue weighted by Crippen LogP contribution is -2.28. The number of ketones is 1. The first-order chi connectivity index (χ1) is 15.1. The third-order valence-corrected chi connectivity index (χ3v) is 5.51. The van der Waals surface area contributed by atoms with Crippen LogP contribution in [0, 0.1) is 0 Å². The smallest absolute Gasteiger partial charge is 0.390 e. The number of rotatable bonds is 9. The van der Waals surface area contributed by atoms with Crippen LogP contribution in [0.4, 0.5) is 24.9 Å². The van der Waals surface area contributed by atoms with Gasteiger partial charge in [-0.1, -0.05) is 19.1 Å². The Hall–Kier alpha value is -2.84. The van der Waals surface area contributed by atoms with E-state index in [0.717, 1.165) is 24.3 Å². The fourth-order valence-corrected chi connectivity index (χ4v) is 3.74. The van der Waals surface area contributed by atoms with E-state index in [-0.39, 0.29) is 30.3 Å². The molecule has 1 aliphatic rings. The van der Waals surface area contributed by atoms with Crippen LogP contribution in [0.25, 0.3) is 0 Å². The molecule has 1 aliphatic heterocycles. The van der Waals surface area contributed by atoms with Gasteiger partial charge in [0, 0.05) is 39.2 Å². The van der Waals surface area contributed by atoms with Crippen LogP contribution < -0.4 is 14.5 Å². The highest BCUT2D eigenvalue weighted by Crippen LogP contribution is 2.26. The molecular weight excluding hydrogens is 421 g/mol. The Labute approximate surface area is 186 Å². The number of carbonyl (C=O) groups excluding carboxylic acids is 1. The Kier molecular flexibility index (Phi) is 7.58. The van der Waals surface area contributed by atoms with Crippen LogP contribution in [-0.2, 0) is 4.79 Å². The van der Waals surface area contributed by atoms with Crippen molar-refractivity contribution in [1.29, 1.82) is 0 Å². The lowest BCUT2D eigenvalue weighted by molar-refractivity contribution is -0.132. The average molecular weight is 451 g/mol. The largest absolute Gasteiger partial charge is 0.489 e. The number of aromatic nitrogens is 2. The normalized spacial score (nSPS) is 17.3. The van der Waals surface area contributed by atoms with Gasteiger partial charge in [-0.25, -0.2) is 4.98 Å². The lowest BCUT2D eigenvalue weighted by Gasteiger charge is -2.22. The van der Waals surface area contributed by atoms with Gasteiger partial charge in [0.05, 0.1) is 13.0 Å². The van der Waals surface area contributed by atoms with E-state index in [1.165, 1.54) is 4.90 Å². The van der Waals surface area contributed by atoms with Crippen molar-refractivity contribution in [2.75, 3.05) is 36.5 Å². The molecule has 2 aromatic rings. The first-order valence-electron chi connectivity index (χ1n) is 10.7. The summed E-state index contributed by atoms with van der Waals surface area (Å²) >= 11 is 0. The van der Waals surface area contributed by atoms with Crippen molar-refractivity contribution >= 4 is 17.5 Å².